The summed E-state index contributed by atoms with van der Waals surface area (Å²) < 4.78 is 7.99. The van der Waals surface area contributed by atoms with Crippen LogP contribution in [0, 0.1) is 5.92 Å². The van der Waals surface area contributed by atoms with Crippen LogP contribution in [0.2, 0.25) is 0 Å². The average molecular weight is 448 g/mol. The van der Waals surface area contributed by atoms with Crippen molar-refractivity contribution in [3.8, 4) is 0 Å². The van der Waals surface area contributed by atoms with Gasteiger partial charge in [0.25, 0.3) is 0 Å². The first-order valence-electron chi connectivity index (χ1n) is 7.29. The van der Waals surface area contributed by atoms with Crippen LogP contribution in [-0.2, 0) is 9.47 Å². The fourth-order valence-electron chi connectivity index (χ4n) is 3.34. The second-order valence-corrected chi connectivity index (χ2v) is 10.8. The molecule has 0 spiro atoms. The molecule has 134 valence electrons. The highest BCUT2D eigenvalue weighted by atomic mass is 35.6. The third-order valence-corrected chi connectivity index (χ3v) is 5.80. The van der Waals surface area contributed by atoms with E-state index in [1.807, 2.05) is 0 Å². The smallest absolute Gasteiger partial charge is 0.218 e. The zero-order valence-corrected chi connectivity index (χ0v) is 16.4. The summed E-state index contributed by atoms with van der Waals surface area (Å²) in [6.45, 7) is 0.350. The Bertz CT molecular complexity index is 410. The summed E-state index contributed by atoms with van der Waals surface area (Å²) in [5, 5.41) is 9.49. The number of fused-ring (bicyclic) bond motifs is 1. The summed E-state index contributed by atoms with van der Waals surface area (Å²) in [5.74, 6) is 0.241. The second kappa shape index (κ2) is 7.28. The van der Waals surface area contributed by atoms with Gasteiger partial charge in [0.2, 0.25) is 7.59 Å². The SMILES string of the molecule is ClC(Cl)(Cl)C1NC(C2CCC3OCOC3C2)NC(C(Cl)(Cl)Cl)N1. The van der Waals surface area contributed by atoms with Crippen LogP contribution in [0.4, 0.5) is 0 Å². The van der Waals surface area contributed by atoms with Gasteiger partial charge in [-0.3, -0.25) is 16.0 Å². The molecule has 5 nitrogen and oxygen atoms in total. The van der Waals surface area contributed by atoms with Gasteiger partial charge in [0.15, 0.2) is 0 Å². The number of hydrogen-bond donors (Lipinski definition) is 3. The molecule has 3 rings (SSSR count). The van der Waals surface area contributed by atoms with Gasteiger partial charge in [-0.05, 0) is 25.2 Å². The summed E-state index contributed by atoms with van der Waals surface area (Å²) in [6.07, 6.45) is 1.45. The molecule has 0 aromatic rings. The van der Waals surface area contributed by atoms with Crippen LogP contribution in [0.5, 0.6) is 0 Å². The summed E-state index contributed by atoms with van der Waals surface area (Å²) >= 11 is 36.1. The van der Waals surface area contributed by atoms with Gasteiger partial charge in [0.1, 0.15) is 19.1 Å². The normalized spacial score (nSPS) is 42.5. The van der Waals surface area contributed by atoms with Crippen LogP contribution in [-0.4, -0.2) is 45.1 Å². The van der Waals surface area contributed by atoms with Crippen molar-refractivity contribution in [2.75, 3.05) is 6.79 Å². The quantitative estimate of drug-likeness (QED) is 0.539. The molecule has 0 radical (unpaired) electrons. The number of nitrogens with one attached hydrogen (secondary N) is 3. The molecule has 5 unspecified atom stereocenters. The first-order valence-corrected chi connectivity index (χ1v) is 9.56. The van der Waals surface area contributed by atoms with Crippen molar-refractivity contribution in [2.45, 2.75) is 57.6 Å². The molecule has 0 aromatic carbocycles. The summed E-state index contributed by atoms with van der Waals surface area (Å²) in [7, 11) is 0. The molecule has 3 fully saturated rings. The van der Waals surface area contributed by atoms with Crippen molar-refractivity contribution in [3.63, 3.8) is 0 Å². The van der Waals surface area contributed by atoms with Crippen LogP contribution in [0.15, 0.2) is 0 Å². The zero-order chi connectivity index (χ0) is 16.8. The van der Waals surface area contributed by atoms with Crippen molar-refractivity contribution in [3.05, 3.63) is 0 Å². The van der Waals surface area contributed by atoms with Crippen LogP contribution in [0.25, 0.3) is 0 Å². The monoisotopic (exact) mass is 445 g/mol. The maximum absolute atomic E-state index is 6.02. The van der Waals surface area contributed by atoms with Gasteiger partial charge in [-0.15, -0.1) is 0 Å². The number of hydrogen-bond acceptors (Lipinski definition) is 5. The van der Waals surface area contributed by atoms with E-state index in [4.69, 9.17) is 79.1 Å². The Balaban J connectivity index is 1.72. The maximum Gasteiger partial charge on any atom is 0.218 e. The van der Waals surface area contributed by atoms with Crippen molar-refractivity contribution in [1.82, 2.24) is 16.0 Å². The summed E-state index contributed by atoms with van der Waals surface area (Å²) in [4.78, 5) is 0. The molecule has 2 heterocycles. The molecule has 2 aliphatic heterocycles. The first kappa shape index (κ1) is 19.3. The fourth-order valence-corrected chi connectivity index (χ4v) is 4.09. The molecule has 1 saturated carbocycles. The molecule has 0 aromatic heterocycles. The van der Waals surface area contributed by atoms with Gasteiger partial charge in [-0.2, -0.15) is 0 Å². The van der Waals surface area contributed by atoms with E-state index >= 15 is 0 Å². The molecule has 23 heavy (non-hydrogen) atoms. The Kier molecular flexibility index (Phi) is 6.11. The minimum absolute atomic E-state index is 0.0876. The van der Waals surface area contributed by atoms with Gasteiger partial charge in [0, 0.05) is 0 Å². The number of rotatable bonds is 1. The largest absolute Gasteiger partial charge is 0.349 e. The van der Waals surface area contributed by atoms with Crippen molar-refractivity contribution >= 4 is 69.6 Å². The Morgan fingerprint density at radius 2 is 1.30 bits per heavy atom. The number of alkyl halides is 6. The molecule has 2 saturated heterocycles. The third-order valence-electron chi connectivity index (χ3n) is 4.49. The summed E-state index contributed by atoms with van der Waals surface area (Å²) in [6, 6.07) is 0. The molecule has 0 bridgehead atoms. The maximum atomic E-state index is 6.02. The molecular formula is C12H17Cl6N3O2. The van der Waals surface area contributed by atoms with Gasteiger partial charge in [0.05, 0.1) is 18.4 Å². The topological polar surface area (TPSA) is 54.5 Å². The Morgan fingerprint density at radius 3 is 1.87 bits per heavy atom. The predicted molar refractivity (Wildman–Crippen MR) is 93.3 cm³/mol. The van der Waals surface area contributed by atoms with Crippen LogP contribution in [0.3, 0.4) is 0 Å². The molecule has 3 aliphatic rings. The van der Waals surface area contributed by atoms with Crippen molar-refractivity contribution in [2.24, 2.45) is 5.92 Å². The van der Waals surface area contributed by atoms with E-state index in [0.717, 1.165) is 19.3 Å². The van der Waals surface area contributed by atoms with Crippen LogP contribution in [0.1, 0.15) is 19.3 Å². The van der Waals surface area contributed by atoms with E-state index in [1.165, 1.54) is 0 Å². The van der Waals surface area contributed by atoms with E-state index in [2.05, 4.69) is 16.0 Å². The van der Waals surface area contributed by atoms with E-state index < -0.39 is 19.9 Å². The van der Waals surface area contributed by atoms with Crippen molar-refractivity contribution < 1.29 is 9.47 Å². The lowest BCUT2D eigenvalue weighted by molar-refractivity contribution is 0.0346. The minimum Gasteiger partial charge on any atom is -0.349 e. The molecule has 5 atom stereocenters. The lowest BCUT2D eigenvalue weighted by Crippen LogP contribution is -2.75. The Labute approximate surface area is 164 Å². The predicted octanol–water partition coefficient (Wildman–Crippen LogP) is 3.03. The number of ether oxygens (including phenoxy) is 2. The van der Waals surface area contributed by atoms with Crippen LogP contribution >= 0.6 is 69.6 Å². The van der Waals surface area contributed by atoms with Gasteiger partial charge >= 0.3 is 0 Å². The highest BCUT2D eigenvalue weighted by Gasteiger charge is 2.48. The minimum atomic E-state index is -1.58. The van der Waals surface area contributed by atoms with Crippen LogP contribution < -0.4 is 16.0 Å². The molecule has 0 amide bonds. The fraction of sp³-hybridized carbons (Fsp3) is 1.00. The standard InChI is InChI=1S/C12H17Cl6N3O2/c13-11(14,15)9-19-8(20-10(21-9)12(16,17)18)5-1-2-6-7(3-5)23-4-22-6/h5-10,19-21H,1-4H2. The average Bonchev–Trinajstić information content (AvgIpc) is 2.92. The van der Waals surface area contributed by atoms with E-state index in [0.29, 0.717) is 6.79 Å². The lowest BCUT2D eigenvalue weighted by Gasteiger charge is -2.47. The second-order valence-electron chi connectivity index (χ2n) is 6.03. The van der Waals surface area contributed by atoms with Gasteiger partial charge in [-0.1, -0.05) is 69.6 Å². The van der Waals surface area contributed by atoms with Crippen molar-refractivity contribution in [1.29, 1.82) is 0 Å². The third kappa shape index (κ3) is 4.64. The molecular weight excluding hydrogens is 431 g/mol. The zero-order valence-electron chi connectivity index (χ0n) is 11.9. The first-order chi connectivity index (χ1) is 10.6. The van der Waals surface area contributed by atoms with E-state index in [9.17, 15) is 0 Å². The van der Waals surface area contributed by atoms with Gasteiger partial charge in [-0.25, -0.2) is 0 Å². The van der Waals surface area contributed by atoms with E-state index in [-0.39, 0.29) is 24.3 Å². The van der Waals surface area contributed by atoms with E-state index in [1.54, 1.807) is 0 Å². The summed E-state index contributed by atoms with van der Waals surface area (Å²) in [5.41, 5.74) is 0. The highest BCUT2D eigenvalue weighted by molar-refractivity contribution is 6.68. The Morgan fingerprint density at radius 1 is 0.739 bits per heavy atom. The molecule has 1 aliphatic carbocycles. The molecule has 11 heteroatoms. The number of halogens is 6. The Hall–Kier alpha value is 1.54. The lowest BCUT2D eigenvalue weighted by atomic mass is 9.83. The molecule has 3 N–H and O–H groups in total. The highest BCUT2D eigenvalue weighted by Crippen LogP contribution is 2.38. The van der Waals surface area contributed by atoms with Gasteiger partial charge < -0.3 is 9.47 Å².